The van der Waals surface area contributed by atoms with Gasteiger partial charge in [-0.15, -0.1) is 0 Å². The molecule has 98 valence electrons. The number of nitrogens with one attached hydrogen (secondary N) is 3. The zero-order valence-electron chi connectivity index (χ0n) is 10.4. The Kier molecular flexibility index (Phi) is 6.10. The van der Waals surface area contributed by atoms with E-state index in [1.165, 1.54) is 5.56 Å². The molecule has 1 amide bonds. The van der Waals surface area contributed by atoms with E-state index in [0.29, 0.717) is 11.7 Å². The van der Waals surface area contributed by atoms with Crippen LogP contribution >= 0.6 is 12.2 Å². The first-order valence-electron chi connectivity index (χ1n) is 5.51. The molecule has 0 aliphatic carbocycles. The number of thiocarbonyl (C=S) groups is 1. The first kappa shape index (κ1) is 14.4. The van der Waals surface area contributed by atoms with Crippen LogP contribution < -0.4 is 16.2 Å². The van der Waals surface area contributed by atoms with Crippen molar-refractivity contribution in [3.05, 3.63) is 35.4 Å². The van der Waals surface area contributed by atoms with Crippen LogP contribution in [0, 0.1) is 6.92 Å². The smallest absolute Gasteiger partial charge is 0.264 e. The molecule has 1 rings (SSSR count). The fourth-order valence-corrected chi connectivity index (χ4v) is 1.22. The topological polar surface area (TPSA) is 62.4 Å². The molecule has 0 saturated heterocycles. The van der Waals surface area contributed by atoms with Crippen LogP contribution in [0.4, 0.5) is 0 Å². The van der Waals surface area contributed by atoms with Gasteiger partial charge in [-0.2, -0.15) is 0 Å². The van der Waals surface area contributed by atoms with Crippen LogP contribution in [-0.4, -0.2) is 24.7 Å². The molecule has 0 atom stereocenters. The van der Waals surface area contributed by atoms with Gasteiger partial charge in [0.1, 0.15) is 6.61 Å². The van der Waals surface area contributed by atoms with E-state index in [1.807, 2.05) is 31.2 Å². The third kappa shape index (κ3) is 5.60. The standard InChI is InChI=1S/C12H17N3O2S/c1-9-3-5-10(6-4-9)7-17-8-11(16)14-15-12(18)13-2/h3-6H,7-8H2,1-2H3,(H,14,16)(H2,13,15,18). The van der Waals surface area contributed by atoms with Crippen molar-refractivity contribution >= 4 is 23.2 Å². The van der Waals surface area contributed by atoms with Crippen molar-refractivity contribution in [3.63, 3.8) is 0 Å². The van der Waals surface area contributed by atoms with Crippen molar-refractivity contribution in [1.82, 2.24) is 16.2 Å². The van der Waals surface area contributed by atoms with Crippen LogP contribution in [0.5, 0.6) is 0 Å². The number of benzene rings is 1. The molecule has 1 aromatic carbocycles. The largest absolute Gasteiger partial charge is 0.367 e. The maximum atomic E-state index is 11.3. The second-order valence-corrected chi connectivity index (χ2v) is 4.14. The number of rotatable bonds is 4. The molecule has 0 aliphatic rings. The molecule has 0 spiro atoms. The minimum atomic E-state index is -0.278. The third-order valence-corrected chi connectivity index (χ3v) is 2.47. The number of carbonyl (C=O) groups is 1. The molecule has 0 heterocycles. The van der Waals surface area contributed by atoms with Crippen LogP contribution in [-0.2, 0) is 16.1 Å². The molecule has 0 fully saturated rings. The maximum Gasteiger partial charge on any atom is 0.264 e. The number of ether oxygens (including phenoxy) is 1. The maximum absolute atomic E-state index is 11.3. The number of carbonyl (C=O) groups excluding carboxylic acids is 1. The summed E-state index contributed by atoms with van der Waals surface area (Å²) in [5.41, 5.74) is 7.17. The van der Waals surface area contributed by atoms with E-state index >= 15 is 0 Å². The van der Waals surface area contributed by atoms with Crippen LogP contribution in [0.15, 0.2) is 24.3 Å². The van der Waals surface area contributed by atoms with Crippen LogP contribution in [0.1, 0.15) is 11.1 Å². The van der Waals surface area contributed by atoms with Crippen molar-refractivity contribution in [2.24, 2.45) is 0 Å². The number of hydrogen-bond acceptors (Lipinski definition) is 3. The molecule has 0 aliphatic heterocycles. The van der Waals surface area contributed by atoms with Gasteiger partial charge in [0.25, 0.3) is 5.91 Å². The lowest BCUT2D eigenvalue weighted by molar-refractivity contribution is -0.126. The first-order valence-corrected chi connectivity index (χ1v) is 5.92. The van der Waals surface area contributed by atoms with Crippen molar-refractivity contribution < 1.29 is 9.53 Å². The average molecular weight is 267 g/mol. The van der Waals surface area contributed by atoms with E-state index in [-0.39, 0.29) is 12.5 Å². The van der Waals surface area contributed by atoms with E-state index in [0.717, 1.165) is 5.56 Å². The number of aryl methyl sites for hydroxylation is 1. The molecule has 18 heavy (non-hydrogen) atoms. The van der Waals surface area contributed by atoms with E-state index in [4.69, 9.17) is 17.0 Å². The second-order valence-electron chi connectivity index (χ2n) is 3.73. The van der Waals surface area contributed by atoms with Gasteiger partial charge in [0.05, 0.1) is 6.61 Å². The SMILES string of the molecule is CNC(=S)NNC(=O)COCc1ccc(C)cc1. The Morgan fingerprint density at radius 2 is 1.94 bits per heavy atom. The third-order valence-electron chi connectivity index (χ3n) is 2.17. The Morgan fingerprint density at radius 3 is 2.56 bits per heavy atom. The average Bonchev–Trinajstić information content (AvgIpc) is 2.38. The highest BCUT2D eigenvalue weighted by Crippen LogP contribution is 2.04. The Balaban J connectivity index is 2.19. The van der Waals surface area contributed by atoms with Crippen LogP contribution in [0.3, 0.4) is 0 Å². The predicted octanol–water partition coefficient (Wildman–Crippen LogP) is 0.637. The van der Waals surface area contributed by atoms with Crippen molar-refractivity contribution in [2.75, 3.05) is 13.7 Å². The minimum absolute atomic E-state index is 0.0206. The molecule has 3 N–H and O–H groups in total. The van der Waals surface area contributed by atoms with Gasteiger partial charge < -0.3 is 10.1 Å². The van der Waals surface area contributed by atoms with Gasteiger partial charge in [0.2, 0.25) is 0 Å². The van der Waals surface area contributed by atoms with Crippen LogP contribution in [0.25, 0.3) is 0 Å². The highest BCUT2D eigenvalue weighted by Gasteiger charge is 2.01. The van der Waals surface area contributed by atoms with E-state index in [2.05, 4.69) is 16.2 Å². The summed E-state index contributed by atoms with van der Waals surface area (Å²) in [6, 6.07) is 7.96. The quantitative estimate of drug-likeness (QED) is 0.552. The van der Waals surface area contributed by atoms with Gasteiger partial charge in [0, 0.05) is 7.05 Å². The van der Waals surface area contributed by atoms with Gasteiger partial charge in [-0.25, -0.2) is 0 Å². The molecule has 0 aromatic heterocycles. The highest BCUT2D eigenvalue weighted by molar-refractivity contribution is 7.80. The van der Waals surface area contributed by atoms with Crippen molar-refractivity contribution in [1.29, 1.82) is 0 Å². The van der Waals surface area contributed by atoms with Gasteiger partial charge >= 0.3 is 0 Å². The van der Waals surface area contributed by atoms with Crippen molar-refractivity contribution in [3.8, 4) is 0 Å². The first-order chi connectivity index (χ1) is 8.61. The number of amides is 1. The molecular weight excluding hydrogens is 250 g/mol. The summed E-state index contributed by atoms with van der Waals surface area (Å²) >= 11 is 4.80. The van der Waals surface area contributed by atoms with Gasteiger partial charge in [-0.3, -0.25) is 15.6 Å². The molecule has 6 heteroatoms. The number of hydrazine groups is 1. The zero-order valence-corrected chi connectivity index (χ0v) is 11.3. The molecule has 0 radical (unpaired) electrons. The summed E-state index contributed by atoms with van der Waals surface area (Å²) in [7, 11) is 1.66. The molecular formula is C12H17N3O2S. The highest BCUT2D eigenvalue weighted by atomic mass is 32.1. The summed E-state index contributed by atoms with van der Waals surface area (Å²) in [6.07, 6.45) is 0. The van der Waals surface area contributed by atoms with Gasteiger partial charge in [-0.1, -0.05) is 29.8 Å². The van der Waals surface area contributed by atoms with E-state index in [9.17, 15) is 4.79 Å². The number of hydrogen-bond donors (Lipinski definition) is 3. The molecule has 0 unspecified atom stereocenters. The lowest BCUT2D eigenvalue weighted by atomic mass is 10.2. The summed E-state index contributed by atoms with van der Waals surface area (Å²) in [4.78, 5) is 11.3. The Morgan fingerprint density at radius 1 is 1.28 bits per heavy atom. The van der Waals surface area contributed by atoms with Crippen molar-refractivity contribution in [2.45, 2.75) is 13.5 Å². The summed E-state index contributed by atoms with van der Waals surface area (Å²) in [5.74, 6) is -0.278. The summed E-state index contributed by atoms with van der Waals surface area (Å²) in [6.45, 7) is 2.41. The summed E-state index contributed by atoms with van der Waals surface area (Å²) < 4.78 is 5.27. The van der Waals surface area contributed by atoms with E-state index in [1.54, 1.807) is 7.05 Å². The van der Waals surface area contributed by atoms with Gasteiger partial charge in [-0.05, 0) is 24.7 Å². The summed E-state index contributed by atoms with van der Waals surface area (Å²) in [5, 5.41) is 3.02. The van der Waals surface area contributed by atoms with Crippen LogP contribution in [0.2, 0.25) is 0 Å². The fourth-order valence-electron chi connectivity index (χ4n) is 1.17. The molecule has 1 aromatic rings. The second kappa shape index (κ2) is 7.62. The molecule has 0 saturated carbocycles. The minimum Gasteiger partial charge on any atom is -0.367 e. The van der Waals surface area contributed by atoms with E-state index < -0.39 is 0 Å². The normalized spacial score (nSPS) is 9.67. The Hall–Kier alpha value is -1.66. The Bertz CT molecular complexity index is 406. The monoisotopic (exact) mass is 267 g/mol. The zero-order chi connectivity index (χ0) is 13.4. The molecule has 5 nitrogen and oxygen atoms in total. The Labute approximate surface area is 112 Å². The lowest BCUT2D eigenvalue weighted by Gasteiger charge is -2.09. The fraction of sp³-hybridized carbons (Fsp3) is 0.333. The lowest BCUT2D eigenvalue weighted by Crippen LogP contribution is -2.46. The van der Waals surface area contributed by atoms with Gasteiger partial charge in [0.15, 0.2) is 5.11 Å². The predicted molar refractivity (Wildman–Crippen MR) is 73.8 cm³/mol. The molecule has 0 bridgehead atoms.